The largest absolute Gasteiger partial charge is 0.352 e. The van der Waals surface area contributed by atoms with Crippen LogP contribution in [0.15, 0.2) is 29.7 Å². The van der Waals surface area contributed by atoms with Crippen molar-refractivity contribution in [1.82, 2.24) is 25.1 Å². The van der Waals surface area contributed by atoms with Crippen molar-refractivity contribution in [3.05, 3.63) is 24.5 Å². The van der Waals surface area contributed by atoms with Crippen LogP contribution in [0.25, 0.3) is 11.4 Å². The zero-order valence-electron chi connectivity index (χ0n) is 14.8. The van der Waals surface area contributed by atoms with Crippen LogP contribution in [0.3, 0.4) is 0 Å². The molecule has 0 spiro atoms. The number of hydrogen-bond donors (Lipinski definition) is 1. The molecule has 0 saturated heterocycles. The third kappa shape index (κ3) is 4.39. The molecule has 3 rings (SSSR count). The van der Waals surface area contributed by atoms with E-state index in [1.165, 1.54) is 31.0 Å². The van der Waals surface area contributed by atoms with Crippen LogP contribution in [-0.2, 0) is 11.3 Å². The lowest BCUT2D eigenvalue weighted by atomic mass is 9.95. The summed E-state index contributed by atoms with van der Waals surface area (Å²) in [6, 6.07) is 4.19. The summed E-state index contributed by atoms with van der Waals surface area (Å²) < 4.78 is 2.03. The van der Waals surface area contributed by atoms with Gasteiger partial charge in [-0.05, 0) is 38.8 Å². The lowest BCUT2D eigenvalue weighted by molar-refractivity contribution is -0.121. The average Bonchev–Trinajstić information content (AvgIpc) is 3.05. The first-order valence-electron chi connectivity index (χ1n) is 8.99. The highest BCUT2D eigenvalue weighted by Gasteiger charge is 2.23. The van der Waals surface area contributed by atoms with Crippen LogP contribution < -0.4 is 5.32 Å². The molecule has 0 unspecified atom stereocenters. The van der Waals surface area contributed by atoms with Crippen LogP contribution in [0.1, 0.15) is 46.0 Å². The Morgan fingerprint density at radius 1 is 1.36 bits per heavy atom. The second-order valence-electron chi connectivity index (χ2n) is 6.40. The third-order valence-corrected chi connectivity index (χ3v) is 5.64. The topological polar surface area (TPSA) is 72.7 Å². The van der Waals surface area contributed by atoms with Gasteiger partial charge in [-0.1, -0.05) is 31.0 Å². The minimum absolute atomic E-state index is 0.0884. The molecule has 2 aromatic rings. The molecule has 1 aliphatic rings. The van der Waals surface area contributed by atoms with E-state index in [9.17, 15) is 4.79 Å². The molecule has 2 aromatic heterocycles. The van der Waals surface area contributed by atoms with Gasteiger partial charge in [-0.15, -0.1) is 10.2 Å². The molecule has 0 radical (unpaired) electrons. The van der Waals surface area contributed by atoms with Crippen LogP contribution in [-0.4, -0.2) is 36.9 Å². The molecule has 1 fully saturated rings. The molecule has 25 heavy (non-hydrogen) atoms. The second kappa shape index (κ2) is 8.47. The third-order valence-electron chi connectivity index (χ3n) is 4.56. The molecule has 0 bridgehead atoms. The van der Waals surface area contributed by atoms with E-state index < -0.39 is 0 Å². The summed E-state index contributed by atoms with van der Waals surface area (Å²) in [7, 11) is 0. The van der Waals surface area contributed by atoms with Crippen molar-refractivity contribution in [2.45, 2.75) is 68.9 Å². The maximum Gasteiger partial charge on any atom is 0.233 e. The first-order chi connectivity index (χ1) is 12.2. The van der Waals surface area contributed by atoms with Gasteiger partial charge in [0.2, 0.25) is 5.91 Å². The zero-order chi connectivity index (χ0) is 17.6. The zero-order valence-corrected chi connectivity index (χ0v) is 15.6. The molecule has 2 heterocycles. The highest BCUT2D eigenvalue weighted by Crippen LogP contribution is 2.27. The molecule has 6 nitrogen and oxygen atoms in total. The number of hydrogen-bond acceptors (Lipinski definition) is 5. The minimum atomic E-state index is -0.196. The summed E-state index contributed by atoms with van der Waals surface area (Å²) in [4.78, 5) is 16.6. The molecule has 1 atom stereocenters. The van der Waals surface area contributed by atoms with Crippen molar-refractivity contribution < 1.29 is 4.79 Å². The van der Waals surface area contributed by atoms with Crippen LogP contribution in [0.2, 0.25) is 0 Å². The van der Waals surface area contributed by atoms with E-state index in [0.29, 0.717) is 6.04 Å². The fourth-order valence-corrected chi connectivity index (χ4v) is 4.07. The number of pyridine rings is 1. The van der Waals surface area contributed by atoms with Gasteiger partial charge in [0.1, 0.15) is 0 Å². The first-order valence-corrected chi connectivity index (χ1v) is 9.87. The quantitative estimate of drug-likeness (QED) is 0.801. The smallest absolute Gasteiger partial charge is 0.233 e. The Labute approximate surface area is 152 Å². The number of amides is 1. The molecular weight excluding hydrogens is 334 g/mol. The van der Waals surface area contributed by atoms with E-state index in [1.807, 2.05) is 23.6 Å². The van der Waals surface area contributed by atoms with Gasteiger partial charge in [-0.25, -0.2) is 0 Å². The summed E-state index contributed by atoms with van der Waals surface area (Å²) in [5, 5.41) is 12.4. The lowest BCUT2D eigenvalue weighted by Crippen LogP contribution is -2.40. The molecule has 0 aliphatic heterocycles. The number of thioether (sulfide) groups is 1. The number of nitrogens with zero attached hydrogens (tertiary/aromatic N) is 4. The van der Waals surface area contributed by atoms with Crippen molar-refractivity contribution in [3.8, 4) is 11.4 Å². The highest BCUT2D eigenvalue weighted by molar-refractivity contribution is 8.00. The Bertz CT molecular complexity index is 697. The van der Waals surface area contributed by atoms with Crippen LogP contribution >= 0.6 is 11.8 Å². The Morgan fingerprint density at radius 3 is 2.84 bits per heavy atom. The Morgan fingerprint density at radius 2 is 2.16 bits per heavy atom. The van der Waals surface area contributed by atoms with Crippen LogP contribution in [0.4, 0.5) is 0 Å². The van der Waals surface area contributed by atoms with Gasteiger partial charge in [0.25, 0.3) is 0 Å². The van der Waals surface area contributed by atoms with Gasteiger partial charge in [0, 0.05) is 30.5 Å². The van der Waals surface area contributed by atoms with E-state index in [-0.39, 0.29) is 11.2 Å². The van der Waals surface area contributed by atoms with Crippen molar-refractivity contribution in [1.29, 1.82) is 0 Å². The van der Waals surface area contributed by atoms with Gasteiger partial charge < -0.3 is 9.88 Å². The Kier molecular flexibility index (Phi) is 6.07. The van der Waals surface area contributed by atoms with E-state index in [0.717, 1.165) is 35.9 Å². The fourth-order valence-electron chi connectivity index (χ4n) is 3.15. The standard InChI is InChI=1S/C18H25N5OS/c1-3-23-16(14-8-7-11-19-12-14)21-22-18(23)25-13(2)17(24)20-15-9-5-4-6-10-15/h7-8,11-13,15H,3-6,9-10H2,1-2H3,(H,20,24)/t13-/m1/s1. The normalized spacial score (nSPS) is 16.6. The number of carbonyl (C=O) groups is 1. The molecule has 134 valence electrons. The molecule has 1 aliphatic carbocycles. The SMILES string of the molecule is CCn1c(S[C@H](C)C(=O)NC2CCCCC2)nnc1-c1cccnc1. The maximum atomic E-state index is 12.5. The number of aromatic nitrogens is 4. The molecule has 7 heteroatoms. The van der Waals surface area contributed by atoms with Gasteiger partial charge in [0.05, 0.1) is 5.25 Å². The maximum absolute atomic E-state index is 12.5. The van der Waals surface area contributed by atoms with Crippen molar-refractivity contribution in [2.75, 3.05) is 0 Å². The summed E-state index contributed by atoms with van der Waals surface area (Å²) >= 11 is 1.46. The predicted octanol–water partition coefficient (Wildman–Crippen LogP) is 3.29. The van der Waals surface area contributed by atoms with Crippen molar-refractivity contribution in [2.24, 2.45) is 0 Å². The monoisotopic (exact) mass is 359 g/mol. The minimum Gasteiger partial charge on any atom is -0.352 e. The Hall–Kier alpha value is -1.89. The summed E-state index contributed by atoms with van der Waals surface area (Å²) in [5.74, 6) is 0.878. The lowest BCUT2D eigenvalue weighted by Gasteiger charge is -2.24. The highest BCUT2D eigenvalue weighted by atomic mass is 32.2. The molecular formula is C18H25N5OS. The second-order valence-corrected chi connectivity index (χ2v) is 7.70. The average molecular weight is 359 g/mol. The number of nitrogens with one attached hydrogen (secondary N) is 1. The van der Waals surface area contributed by atoms with E-state index >= 15 is 0 Å². The van der Waals surface area contributed by atoms with E-state index in [2.05, 4.69) is 27.4 Å². The van der Waals surface area contributed by atoms with Crippen LogP contribution in [0, 0.1) is 0 Å². The molecule has 0 aromatic carbocycles. The number of carbonyl (C=O) groups excluding carboxylic acids is 1. The molecule has 1 N–H and O–H groups in total. The van der Waals surface area contributed by atoms with E-state index in [4.69, 9.17) is 0 Å². The van der Waals surface area contributed by atoms with Gasteiger partial charge >= 0.3 is 0 Å². The first kappa shape index (κ1) is 17.9. The molecule has 1 amide bonds. The van der Waals surface area contributed by atoms with E-state index in [1.54, 1.807) is 12.4 Å². The van der Waals surface area contributed by atoms with Crippen molar-refractivity contribution >= 4 is 17.7 Å². The summed E-state index contributed by atoms with van der Waals surface area (Å²) in [6.45, 7) is 4.73. The fraction of sp³-hybridized carbons (Fsp3) is 0.556. The summed E-state index contributed by atoms with van der Waals surface area (Å²) in [5.41, 5.74) is 0.933. The summed E-state index contributed by atoms with van der Waals surface area (Å²) in [6.07, 6.45) is 9.43. The Balaban J connectivity index is 1.67. The van der Waals surface area contributed by atoms with Crippen LogP contribution in [0.5, 0.6) is 0 Å². The van der Waals surface area contributed by atoms with Gasteiger partial charge in [0.15, 0.2) is 11.0 Å². The van der Waals surface area contributed by atoms with Crippen molar-refractivity contribution in [3.63, 3.8) is 0 Å². The number of rotatable bonds is 6. The van der Waals surface area contributed by atoms with Gasteiger partial charge in [-0.2, -0.15) is 0 Å². The molecule has 1 saturated carbocycles. The predicted molar refractivity (Wildman–Crippen MR) is 99.3 cm³/mol. The van der Waals surface area contributed by atoms with Gasteiger partial charge in [-0.3, -0.25) is 9.78 Å².